The predicted molar refractivity (Wildman–Crippen MR) is 34.8 cm³/mol. The van der Waals surface area contributed by atoms with Gasteiger partial charge in [-0.2, -0.15) is 0 Å². The standard InChI is InChI=1S/C6H5OP.Na.H/c7-8-6-4-2-1-3-5-6;;/h1-5H;;/q;+1;-1. The Hall–Kier alpha value is 0.320. The van der Waals surface area contributed by atoms with Crippen LogP contribution in [-0.4, -0.2) is 0 Å². The van der Waals surface area contributed by atoms with E-state index in [1.165, 1.54) is 0 Å². The van der Waals surface area contributed by atoms with Crippen molar-refractivity contribution in [2.24, 2.45) is 0 Å². The summed E-state index contributed by atoms with van der Waals surface area (Å²) in [7, 11) is 0.0994. The maximum atomic E-state index is 10.1. The van der Waals surface area contributed by atoms with Crippen molar-refractivity contribution < 1.29 is 35.5 Å². The van der Waals surface area contributed by atoms with Crippen LogP contribution in [-0.2, 0) is 4.57 Å². The molecule has 0 saturated carbocycles. The monoisotopic (exact) mass is 148 g/mol. The second-order valence-corrected chi connectivity index (χ2v) is 2.13. The van der Waals surface area contributed by atoms with Crippen LogP contribution < -0.4 is 34.9 Å². The zero-order valence-electron chi connectivity index (χ0n) is 6.24. The molecule has 0 bridgehead atoms. The van der Waals surface area contributed by atoms with Gasteiger partial charge in [0, 0.05) is 5.30 Å². The van der Waals surface area contributed by atoms with E-state index in [2.05, 4.69) is 0 Å². The summed E-state index contributed by atoms with van der Waals surface area (Å²) in [5.74, 6) is 0. The molecule has 42 valence electrons. The van der Waals surface area contributed by atoms with E-state index in [-0.39, 0.29) is 39.4 Å². The number of hydrogen-bond acceptors (Lipinski definition) is 1. The molecule has 0 aliphatic heterocycles. The molecular weight excluding hydrogens is 142 g/mol. The molecule has 0 amide bonds. The van der Waals surface area contributed by atoms with E-state index in [0.29, 0.717) is 0 Å². The first-order valence-electron chi connectivity index (χ1n) is 2.32. The quantitative estimate of drug-likeness (QED) is 0.358. The minimum Gasteiger partial charge on any atom is -1.00 e. The summed E-state index contributed by atoms with van der Waals surface area (Å²) in [6.07, 6.45) is 0. The summed E-state index contributed by atoms with van der Waals surface area (Å²) in [5, 5.41) is 0.826. The molecule has 0 aliphatic rings. The topological polar surface area (TPSA) is 17.1 Å². The van der Waals surface area contributed by atoms with Crippen molar-refractivity contribution in [3.8, 4) is 0 Å². The number of hydrogen-bond donors (Lipinski definition) is 0. The summed E-state index contributed by atoms with van der Waals surface area (Å²) < 4.78 is 10.1. The molecule has 3 heteroatoms. The molecule has 0 aromatic heterocycles. The van der Waals surface area contributed by atoms with Gasteiger partial charge in [-0.3, -0.25) is 4.57 Å². The van der Waals surface area contributed by atoms with Gasteiger partial charge in [0.1, 0.15) is 0 Å². The maximum Gasteiger partial charge on any atom is 1.00 e. The molecule has 0 radical (unpaired) electrons. The Bertz CT molecular complexity index is 180. The van der Waals surface area contributed by atoms with Gasteiger partial charge in [0.25, 0.3) is 0 Å². The molecular formula is C6H6NaOP. The summed E-state index contributed by atoms with van der Waals surface area (Å²) in [6, 6.07) is 9.25. The van der Waals surface area contributed by atoms with Crippen LogP contribution in [0.3, 0.4) is 0 Å². The molecule has 0 fully saturated rings. The van der Waals surface area contributed by atoms with Crippen LogP contribution >= 0.6 is 8.46 Å². The van der Waals surface area contributed by atoms with Crippen LogP contribution in [0.5, 0.6) is 0 Å². The van der Waals surface area contributed by atoms with E-state index in [4.69, 9.17) is 0 Å². The van der Waals surface area contributed by atoms with Crippen LogP contribution in [0.2, 0.25) is 0 Å². The SMILES string of the molecule is O=Pc1ccccc1.[H-].[Na+]. The molecule has 0 heterocycles. The van der Waals surface area contributed by atoms with Crippen LogP contribution in [0.1, 0.15) is 1.43 Å². The second kappa shape index (κ2) is 5.13. The van der Waals surface area contributed by atoms with Crippen LogP contribution in [0.4, 0.5) is 0 Å². The van der Waals surface area contributed by atoms with Crippen molar-refractivity contribution in [1.82, 2.24) is 0 Å². The van der Waals surface area contributed by atoms with Crippen molar-refractivity contribution >= 4 is 13.8 Å². The van der Waals surface area contributed by atoms with Gasteiger partial charge >= 0.3 is 29.6 Å². The fourth-order valence-electron chi connectivity index (χ4n) is 0.489. The zero-order valence-corrected chi connectivity index (χ0v) is 8.14. The molecule has 1 nitrogen and oxygen atoms in total. The van der Waals surface area contributed by atoms with Crippen LogP contribution in [0.25, 0.3) is 0 Å². The van der Waals surface area contributed by atoms with Crippen LogP contribution in [0, 0.1) is 0 Å². The maximum absolute atomic E-state index is 10.1. The molecule has 0 saturated heterocycles. The van der Waals surface area contributed by atoms with Crippen molar-refractivity contribution in [2.45, 2.75) is 0 Å². The van der Waals surface area contributed by atoms with Gasteiger partial charge in [-0.15, -0.1) is 0 Å². The third-order valence-corrected chi connectivity index (χ3v) is 1.37. The Morgan fingerprint density at radius 3 is 2.11 bits per heavy atom. The molecule has 0 spiro atoms. The van der Waals surface area contributed by atoms with Crippen LogP contribution in [0.15, 0.2) is 30.3 Å². The fraction of sp³-hybridized carbons (Fsp3) is 0. The minimum absolute atomic E-state index is 0. The van der Waals surface area contributed by atoms with Crippen molar-refractivity contribution in [3.63, 3.8) is 0 Å². The Kier molecular flexibility index (Phi) is 5.31. The Morgan fingerprint density at radius 2 is 1.78 bits per heavy atom. The van der Waals surface area contributed by atoms with Crippen molar-refractivity contribution in [1.29, 1.82) is 0 Å². The van der Waals surface area contributed by atoms with E-state index in [9.17, 15) is 4.57 Å². The minimum atomic E-state index is 0. The first kappa shape index (κ1) is 9.32. The Morgan fingerprint density at radius 1 is 1.22 bits per heavy atom. The van der Waals surface area contributed by atoms with Gasteiger partial charge in [0.05, 0.1) is 0 Å². The molecule has 1 aromatic carbocycles. The molecule has 1 rings (SSSR count). The Labute approximate surface area is 79.4 Å². The van der Waals surface area contributed by atoms with Gasteiger partial charge in [-0.05, 0) is 12.1 Å². The third kappa shape index (κ3) is 3.12. The van der Waals surface area contributed by atoms with E-state index in [0.717, 1.165) is 5.30 Å². The van der Waals surface area contributed by atoms with Gasteiger partial charge < -0.3 is 1.43 Å². The average molecular weight is 148 g/mol. The first-order valence-corrected chi connectivity index (χ1v) is 3.13. The summed E-state index contributed by atoms with van der Waals surface area (Å²) in [5.41, 5.74) is 0. The predicted octanol–water partition coefficient (Wildman–Crippen LogP) is -1.28. The number of benzene rings is 1. The molecule has 1 aromatic rings. The van der Waals surface area contributed by atoms with E-state index in [1.807, 2.05) is 30.3 Å². The molecule has 0 unspecified atom stereocenters. The summed E-state index contributed by atoms with van der Waals surface area (Å²) >= 11 is 0. The summed E-state index contributed by atoms with van der Waals surface area (Å²) in [4.78, 5) is 0. The van der Waals surface area contributed by atoms with Gasteiger partial charge in [-0.25, -0.2) is 0 Å². The Balaban J connectivity index is 0. The molecule has 0 N–H and O–H groups in total. The zero-order chi connectivity index (χ0) is 5.82. The largest absolute Gasteiger partial charge is 1.00 e. The third-order valence-electron chi connectivity index (χ3n) is 0.862. The second-order valence-electron chi connectivity index (χ2n) is 1.43. The molecule has 0 atom stereocenters. The molecule has 0 aliphatic carbocycles. The van der Waals surface area contributed by atoms with E-state index in [1.54, 1.807) is 0 Å². The average Bonchev–Trinajstić information content (AvgIpc) is 1.90. The first-order chi connectivity index (χ1) is 3.93. The smallest absolute Gasteiger partial charge is 1.00 e. The van der Waals surface area contributed by atoms with Gasteiger partial charge in [-0.1, -0.05) is 18.2 Å². The van der Waals surface area contributed by atoms with Gasteiger partial charge in [0.15, 0.2) is 8.46 Å². The van der Waals surface area contributed by atoms with E-state index < -0.39 is 0 Å². The van der Waals surface area contributed by atoms with Crippen molar-refractivity contribution in [3.05, 3.63) is 30.3 Å². The normalized spacial score (nSPS) is 8.44. The molecule has 9 heavy (non-hydrogen) atoms. The number of rotatable bonds is 1. The van der Waals surface area contributed by atoms with Gasteiger partial charge in [0.2, 0.25) is 0 Å². The van der Waals surface area contributed by atoms with Crippen molar-refractivity contribution in [2.75, 3.05) is 0 Å². The summed E-state index contributed by atoms with van der Waals surface area (Å²) in [6.45, 7) is 0. The van der Waals surface area contributed by atoms with E-state index >= 15 is 0 Å². The fourth-order valence-corrected chi connectivity index (χ4v) is 0.783.